The van der Waals surface area contributed by atoms with Crippen molar-refractivity contribution in [2.45, 2.75) is 18.4 Å². The van der Waals surface area contributed by atoms with Gasteiger partial charge in [-0.3, -0.25) is 4.79 Å². The van der Waals surface area contributed by atoms with Crippen LogP contribution in [-0.4, -0.2) is 25.2 Å². The molecule has 0 heterocycles. The minimum atomic E-state index is -3.98. The molecule has 1 amide bonds. The molecule has 0 unspecified atom stereocenters. The van der Waals surface area contributed by atoms with Crippen molar-refractivity contribution in [2.75, 3.05) is 11.9 Å². The highest BCUT2D eigenvalue weighted by Gasteiger charge is 2.27. The fourth-order valence-corrected chi connectivity index (χ4v) is 4.36. The summed E-state index contributed by atoms with van der Waals surface area (Å²) < 4.78 is 41.0. The van der Waals surface area contributed by atoms with Crippen molar-refractivity contribution >= 4 is 33.2 Å². The molecule has 3 rings (SSSR count). The van der Waals surface area contributed by atoms with Crippen molar-refractivity contribution in [1.29, 1.82) is 0 Å². The lowest BCUT2D eigenvalue weighted by atomic mass is 10.2. The summed E-state index contributed by atoms with van der Waals surface area (Å²) in [6.45, 7) is 1.29. The summed E-state index contributed by atoms with van der Waals surface area (Å²) >= 11 is 5.87. The number of aryl methyl sites for hydroxylation is 1. The van der Waals surface area contributed by atoms with E-state index in [1.165, 1.54) is 42.5 Å². The zero-order chi connectivity index (χ0) is 21.7. The van der Waals surface area contributed by atoms with Gasteiger partial charge in [-0.1, -0.05) is 48.0 Å². The smallest absolute Gasteiger partial charge is 0.243 e. The van der Waals surface area contributed by atoms with E-state index in [9.17, 15) is 17.6 Å². The molecule has 0 aliphatic heterocycles. The Bertz CT molecular complexity index is 1140. The van der Waals surface area contributed by atoms with Gasteiger partial charge in [-0.2, -0.15) is 4.31 Å². The number of rotatable bonds is 7. The summed E-state index contributed by atoms with van der Waals surface area (Å²) in [7, 11) is -3.98. The van der Waals surface area contributed by atoms with Crippen LogP contribution in [0.4, 0.5) is 10.1 Å². The van der Waals surface area contributed by atoms with Crippen LogP contribution >= 0.6 is 11.6 Å². The Morgan fingerprint density at radius 1 is 1.03 bits per heavy atom. The summed E-state index contributed by atoms with van der Waals surface area (Å²) in [5.74, 6) is -1.07. The van der Waals surface area contributed by atoms with Gasteiger partial charge in [-0.15, -0.1) is 0 Å². The minimum Gasteiger partial charge on any atom is -0.325 e. The first-order chi connectivity index (χ1) is 14.3. The largest absolute Gasteiger partial charge is 0.325 e. The average Bonchev–Trinajstić information content (AvgIpc) is 2.71. The summed E-state index contributed by atoms with van der Waals surface area (Å²) in [4.78, 5) is 12.7. The topological polar surface area (TPSA) is 66.5 Å². The van der Waals surface area contributed by atoms with E-state index in [1.807, 2.05) is 6.07 Å². The maximum absolute atomic E-state index is 13.5. The number of halogens is 2. The van der Waals surface area contributed by atoms with E-state index < -0.39 is 28.3 Å². The zero-order valence-corrected chi connectivity index (χ0v) is 17.8. The predicted octanol–water partition coefficient (Wildman–Crippen LogP) is 4.62. The summed E-state index contributed by atoms with van der Waals surface area (Å²) in [6.07, 6.45) is 0. The third kappa shape index (κ3) is 5.44. The van der Waals surface area contributed by atoms with Crippen LogP contribution in [0.25, 0.3) is 0 Å². The molecular formula is C22H20ClFN2O3S. The van der Waals surface area contributed by atoms with Crippen LogP contribution in [-0.2, 0) is 21.4 Å². The standard InChI is InChI=1S/C22H20ClFN2O3S/c1-16-7-10-19(24)13-21(16)25-22(27)15-26(14-17-5-3-2-4-6-17)30(28,29)20-11-8-18(23)9-12-20/h2-13H,14-15H2,1H3,(H,25,27). The minimum absolute atomic E-state index is 0.00134. The average molecular weight is 447 g/mol. The Kier molecular flexibility index (Phi) is 6.87. The number of hydrogen-bond acceptors (Lipinski definition) is 3. The van der Waals surface area contributed by atoms with E-state index in [-0.39, 0.29) is 11.4 Å². The van der Waals surface area contributed by atoms with Crippen molar-refractivity contribution in [3.05, 3.63) is 94.8 Å². The molecule has 8 heteroatoms. The highest BCUT2D eigenvalue weighted by Crippen LogP contribution is 2.21. The number of nitrogens with one attached hydrogen (secondary N) is 1. The zero-order valence-electron chi connectivity index (χ0n) is 16.2. The van der Waals surface area contributed by atoms with Crippen LogP contribution in [0.2, 0.25) is 5.02 Å². The van der Waals surface area contributed by atoms with Gasteiger partial charge in [0.25, 0.3) is 0 Å². The molecule has 30 heavy (non-hydrogen) atoms. The number of hydrogen-bond donors (Lipinski definition) is 1. The van der Waals surface area contributed by atoms with Gasteiger partial charge in [0, 0.05) is 17.3 Å². The van der Waals surface area contributed by atoms with Crippen LogP contribution < -0.4 is 5.32 Å². The molecule has 0 spiro atoms. The third-order valence-electron chi connectivity index (χ3n) is 4.45. The first kappa shape index (κ1) is 22.0. The molecule has 0 atom stereocenters. The van der Waals surface area contributed by atoms with E-state index in [2.05, 4.69) is 5.32 Å². The molecule has 0 fully saturated rings. The Balaban J connectivity index is 1.88. The maximum Gasteiger partial charge on any atom is 0.243 e. The molecule has 0 bridgehead atoms. The first-order valence-corrected chi connectivity index (χ1v) is 10.9. The second-order valence-electron chi connectivity index (χ2n) is 6.72. The van der Waals surface area contributed by atoms with Gasteiger partial charge in [0.15, 0.2) is 0 Å². The van der Waals surface area contributed by atoms with E-state index in [4.69, 9.17) is 11.6 Å². The van der Waals surface area contributed by atoms with Gasteiger partial charge in [-0.05, 0) is 54.4 Å². The monoisotopic (exact) mass is 446 g/mol. The van der Waals surface area contributed by atoms with Crippen LogP contribution in [0.5, 0.6) is 0 Å². The van der Waals surface area contributed by atoms with E-state index in [0.717, 1.165) is 9.87 Å². The van der Waals surface area contributed by atoms with Crippen LogP contribution in [0.3, 0.4) is 0 Å². The van der Waals surface area contributed by atoms with Crippen LogP contribution in [0, 0.1) is 12.7 Å². The molecule has 1 N–H and O–H groups in total. The number of benzene rings is 3. The van der Waals surface area contributed by atoms with Crippen molar-refractivity contribution in [1.82, 2.24) is 4.31 Å². The van der Waals surface area contributed by atoms with E-state index >= 15 is 0 Å². The number of carbonyl (C=O) groups is 1. The van der Waals surface area contributed by atoms with Gasteiger partial charge in [-0.25, -0.2) is 12.8 Å². The summed E-state index contributed by atoms with van der Waals surface area (Å²) in [6, 6.07) is 18.7. The molecule has 0 saturated carbocycles. The van der Waals surface area contributed by atoms with Gasteiger partial charge >= 0.3 is 0 Å². The summed E-state index contributed by atoms with van der Waals surface area (Å²) in [5, 5.41) is 3.00. The maximum atomic E-state index is 13.5. The number of anilines is 1. The third-order valence-corrected chi connectivity index (χ3v) is 6.50. The molecule has 0 aliphatic rings. The Hall–Kier alpha value is -2.74. The SMILES string of the molecule is Cc1ccc(F)cc1NC(=O)CN(Cc1ccccc1)S(=O)(=O)c1ccc(Cl)cc1. The predicted molar refractivity (Wildman–Crippen MR) is 115 cm³/mol. The van der Waals surface area contributed by atoms with Crippen molar-refractivity contribution < 1.29 is 17.6 Å². The molecule has 3 aromatic carbocycles. The van der Waals surface area contributed by atoms with E-state index in [1.54, 1.807) is 31.2 Å². The van der Waals surface area contributed by atoms with Crippen LogP contribution in [0.15, 0.2) is 77.7 Å². The van der Waals surface area contributed by atoms with Gasteiger partial charge < -0.3 is 5.32 Å². The van der Waals surface area contributed by atoms with E-state index in [0.29, 0.717) is 16.3 Å². The lowest BCUT2D eigenvalue weighted by Crippen LogP contribution is -2.37. The molecule has 0 radical (unpaired) electrons. The highest BCUT2D eigenvalue weighted by atomic mass is 35.5. The van der Waals surface area contributed by atoms with Gasteiger partial charge in [0.2, 0.25) is 15.9 Å². The normalized spacial score (nSPS) is 11.5. The Labute approximate surface area is 180 Å². The molecule has 5 nitrogen and oxygen atoms in total. The van der Waals surface area contributed by atoms with Gasteiger partial charge in [0.05, 0.1) is 11.4 Å². The van der Waals surface area contributed by atoms with Crippen molar-refractivity contribution in [3.63, 3.8) is 0 Å². The fourth-order valence-electron chi connectivity index (χ4n) is 2.85. The number of amides is 1. The molecule has 0 saturated heterocycles. The molecule has 0 aromatic heterocycles. The quantitative estimate of drug-likeness (QED) is 0.576. The number of carbonyl (C=O) groups excluding carboxylic acids is 1. The Morgan fingerprint density at radius 3 is 2.37 bits per heavy atom. The van der Waals surface area contributed by atoms with Gasteiger partial charge in [0.1, 0.15) is 5.82 Å². The van der Waals surface area contributed by atoms with Crippen molar-refractivity contribution in [3.8, 4) is 0 Å². The molecule has 0 aliphatic carbocycles. The number of nitrogens with zero attached hydrogens (tertiary/aromatic N) is 1. The summed E-state index contributed by atoms with van der Waals surface area (Å²) in [5.41, 5.74) is 1.69. The Morgan fingerprint density at radius 2 is 1.70 bits per heavy atom. The fraction of sp³-hybridized carbons (Fsp3) is 0.136. The molecule has 156 valence electrons. The first-order valence-electron chi connectivity index (χ1n) is 9.11. The lowest BCUT2D eigenvalue weighted by Gasteiger charge is -2.22. The second-order valence-corrected chi connectivity index (χ2v) is 9.09. The lowest BCUT2D eigenvalue weighted by molar-refractivity contribution is -0.116. The molecular weight excluding hydrogens is 427 g/mol. The number of sulfonamides is 1. The molecule has 3 aromatic rings. The van der Waals surface area contributed by atoms with Crippen molar-refractivity contribution in [2.24, 2.45) is 0 Å². The second kappa shape index (κ2) is 9.38. The van der Waals surface area contributed by atoms with Crippen LogP contribution in [0.1, 0.15) is 11.1 Å². The highest BCUT2D eigenvalue weighted by molar-refractivity contribution is 7.89.